The smallest absolute Gasteiger partial charge is 0.323 e. The molecule has 6 N–H and O–H groups in total. The number of nitrogens with one attached hydrogen (secondary N) is 2. The largest absolute Gasteiger partial charge is 0.480 e. The highest BCUT2D eigenvalue weighted by atomic mass is 16.4. The van der Waals surface area contributed by atoms with E-state index in [9.17, 15) is 29.1 Å². The average Bonchev–Trinajstić information content (AvgIpc) is 3.36. The molecule has 1 fully saturated rings. The maximum Gasteiger partial charge on any atom is 0.323 e. The number of benzene rings is 2. The van der Waals surface area contributed by atoms with Gasteiger partial charge in [-0.1, -0.05) is 30.3 Å². The molecule has 12 nitrogen and oxygen atoms in total. The van der Waals surface area contributed by atoms with Gasteiger partial charge >= 0.3 is 5.97 Å². The Morgan fingerprint density at radius 3 is 2.42 bits per heavy atom. The van der Waals surface area contributed by atoms with Crippen LogP contribution in [0.2, 0.25) is 0 Å². The summed E-state index contributed by atoms with van der Waals surface area (Å²) in [5.74, 6) is -4.21. The van der Waals surface area contributed by atoms with Gasteiger partial charge in [0.25, 0.3) is 23.5 Å². The number of amides is 3. The zero-order valence-corrected chi connectivity index (χ0v) is 20.5. The Balaban J connectivity index is 1.48. The highest BCUT2D eigenvalue weighted by molar-refractivity contribution is 6.45. The Hall–Kier alpha value is -4.55. The molecule has 0 aliphatic carbocycles. The zero-order valence-electron chi connectivity index (χ0n) is 20.5. The number of H-pyrrole nitrogens is 1. The number of carbonyl (C=O) groups excluding carboxylic acids is 4. The van der Waals surface area contributed by atoms with Gasteiger partial charge in [0.05, 0.1) is 16.8 Å². The molecule has 3 aromatic rings. The average molecular weight is 522 g/mol. The first kappa shape index (κ1) is 26.5. The number of aliphatic hydroxyl groups excluding tert-OH is 1. The fraction of sp³-hybridized carbons (Fsp3) is 0.269. The third-order valence-electron chi connectivity index (χ3n) is 6.50. The summed E-state index contributed by atoms with van der Waals surface area (Å²) in [5, 5.41) is 21.5. The number of nitrogens with two attached hydrogens (primary N) is 1. The number of aromatic amines is 1. The number of hydrogen-bond donors (Lipinski definition) is 5. The van der Waals surface area contributed by atoms with Crippen LogP contribution in [0.15, 0.2) is 54.7 Å². The minimum absolute atomic E-state index is 0.0823. The van der Waals surface area contributed by atoms with Gasteiger partial charge in [-0.25, -0.2) is 0 Å². The van der Waals surface area contributed by atoms with Crippen molar-refractivity contribution in [3.05, 3.63) is 65.9 Å². The number of carboxylic acid groups (broad SMARTS) is 1. The molecule has 198 valence electrons. The van der Waals surface area contributed by atoms with E-state index < -0.39 is 41.8 Å². The molecule has 0 saturated carbocycles. The number of aromatic nitrogens is 1. The lowest BCUT2D eigenvalue weighted by Gasteiger charge is -2.39. The highest BCUT2D eigenvalue weighted by Crippen LogP contribution is 2.27. The summed E-state index contributed by atoms with van der Waals surface area (Å²) in [5.41, 5.74) is 6.42. The summed E-state index contributed by atoms with van der Waals surface area (Å²) >= 11 is 0. The van der Waals surface area contributed by atoms with Crippen molar-refractivity contribution >= 4 is 46.1 Å². The Morgan fingerprint density at radius 2 is 1.76 bits per heavy atom. The van der Waals surface area contributed by atoms with Gasteiger partial charge in [-0.2, -0.15) is 0 Å². The number of carboxylic acids is 1. The Bertz CT molecular complexity index is 1400. The minimum Gasteiger partial charge on any atom is -0.480 e. The summed E-state index contributed by atoms with van der Waals surface area (Å²) in [6.07, 6.45) is -0.658. The number of Topliss-reactive ketones (excluding diaryl/α,β-unsaturated/α-hetero) is 1. The molecule has 12 heteroatoms. The van der Waals surface area contributed by atoms with Crippen LogP contribution in [0, 0.1) is 0 Å². The number of piperazine rings is 1. The second-order valence-corrected chi connectivity index (χ2v) is 9.02. The molecule has 38 heavy (non-hydrogen) atoms. The number of carbonyl (C=O) groups is 5. The highest BCUT2D eigenvalue weighted by Gasteiger charge is 2.34. The minimum atomic E-state index is -2.01. The van der Waals surface area contributed by atoms with Crippen molar-refractivity contribution in [3.8, 4) is 0 Å². The first-order chi connectivity index (χ1) is 18.1. The molecule has 3 amide bonds. The van der Waals surface area contributed by atoms with E-state index in [1.54, 1.807) is 42.2 Å². The predicted molar refractivity (Wildman–Crippen MR) is 136 cm³/mol. The molecule has 3 atom stereocenters. The number of fused-ring (bicyclic) bond motifs is 1. The van der Waals surface area contributed by atoms with E-state index in [1.807, 2.05) is 6.07 Å². The topological polar surface area (TPSA) is 186 Å². The number of aliphatic hydroxyl groups is 1. The van der Waals surface area contributed by atoms with E-state index >= 15 is 0 Å². The van der Waals surface area contributed by atoms with Gasteiger partial charge in [0.1, 0.15) is 6.04 Å². The molecule has 1 aliphatic rings. The number of anilines is 1. The van der Waals surface area contributed by atoms with E-state index in [-0.39, 0.29) is 36.8 Å². The van der Waals surface area contributed by atoms with Gasteiger partial charge in [0.2, 0.25) is 0 Å². The first-order valence-electron chi connectivity index (χ1n) is 11.9. The molecule has 1 saturated heterocycles. The monoisotopic (exact) mass is 521 g/mol. The van der Waals surface area contributed by atoms with Crippen molar-refractivity contribution in [2.24, 2.45) is 5.73 Å². The normalized spacial score (nSPS) is 17.1. The van der Waals surface area contributed by atoms with Crippen molar-refractivity contribution < 1.29 is 34.2 Å². The lowest BCUT2D eigenvalue weighted by atomic mass is 10.1. The number of aliphatic carboxylic acids is 1. The fourth-order valence-corrected chi connectivity index (χ4v) is 4.40. The predicted octanol–water partition coefficient (Wildman–Crippen LogP) is 0.435. The molecule has 0 spiro atoms. The Kier molecular flexibility index (Phi) is 7.55. The Labute approximate surface area is 217 Å². The van der Waals surface area contributed by atoms with E-state index in [0.29, 0.717) is 16.5 Å². The summed E-state index contributed by atoms with van der Waals surface area (Å²) in [6.45, 7) is 2.51. The van der Waals surface area contributed by atoms with Crippen LogP contribution >= 0.6 is 0 Å². The van der Waals surface area contributed by atoms with E-state index in [2.05, 4.69) is 10.3 Å². The van der Waals surface area contributed by atoms with Crippen molar-refractivity contribution in [2.75, 3.05) is 25.0 Å². The van der Waals surface area contributed by atoms with Gasteiger partial charge < -0.3 is 36.0 Å². The van der Waals surface area contributed by atoms with Gasteiger partial charge in [-0.3, -0.25) is 24.0 Å². The van der Waals surface area contributed by atoms with Gasteiger partial charge in [-0.05, 0) is 25.1 Å². The molecule has 0 bridgehead atoms. The summed E-state index contributed by atoms with van der Waals surface area (Å²) in [7, 11) is 0. The van der Waals surface area contributed by atoms with Gasteiger partial charge in [0, 0.05) is 42.8 Å². The molecule has 2 unspecified atom stereocenters. The van der Waals surface area contributed by atoms with Gasteiger partial charge in [-0.15, -0.1) is 0 Å². The molecule has 0 radical (unpaired) electrons. The molecule has 1 aliphatic heterocycles. The second-order valence-electron chi connectivity index (χ2n) is 9.02. The quantitative estimate of drug-likeness (QED) is 0.219. The van der Waals surface area contributed by atoms with Crippen molar-refractivity contribution in [1.29, 1.82) is 0 Å². The van der Waals surface area contributed by atoms with E-state index in [0.717, 1.165) is 0 Å². The number of hydrogen-bond acceptors (Lipinski definition) is 7. The third kappa shape index (κ3) is 5.12. The first-order valence-corrected chi connectivity index (χ1v) is 11.9. The summed E-state index contributed by atoms with van der Waals surface area (Å²) in [4.78, 5) is 68.3. The van der Waals surface area contributed by atoms with E-state index in [1.165, 1.54) is 23.2 Å². The van der Waals surface area contributed by atoms with Crippen LogP contribution < -0.4 is 11.1 Å². The SMILES string of the molecule is C[C@@H]1CN(C(=O)c2ccccc2)CCN1C(=O)C(=O)c1c[nH]c2c(NC(=O)C(O)C(N)C(=O)O)cccc12. The number of ketones is 1. The second kappa shape index (κ2) is 10.8. The maximum absolute atomic E-state index is 13.2. The summed E-state index contributed by atoms with van der Waals surface area (Å²) < 4.78 is 0. The molecular formula is C26H27N5O7. The molecule has 4 rings (SSSR count). The lowest BCUT2D eigenvalue weighted by Crippen LogP contribution is -2.56. The van der Waals surface area contributed by atoms with Crippen molar-refractivity contribution in [3.63, 3.8) is 0 Å². The van der Waals surface area contributed by atoms with Crippen LogP contribution in [-0.4, -0.2) is 92.3 Å². The number of para-hydroxylation sites is 1. The standard InChI is InChI=1S/C26H27N5O7/c1-14-13-30(24(35)15-6-3-2-4-7-15)10-11-31(14)25(36)21(32)17-12-28-20-16(17)8-5-9-18(20)29-23(34)22(33)19(27)26(37)38/h2-9,12,14,19,22,28,33H,10-11,13,27H2,1H3,(H,29,34)(H,37,38)/t14-,19?,22?/m1/s1. The van der Waals surface area contributed by atoms with Crippen LogP contribution in [0.25, 0.3) is 10.9 Å². The molecule has 2 aromatic carbocycles. The van der Waals surface area contributed by atoms with Crippen molar-refractivity contribution in [2.45, 2.75) is 25.1 Å². The fourth-order valence-electron chi connectivity index (χ4n) is 4.40. The molecule has 2 heterocycles. The zero-order chi connectivity index (χ0) is 27.6. The summed E-state index contributed by atoms with van der Waals surface area (Å²) in [6, 6.07) is 11.2. The van der Waals surface area contributed by atoms with Gasteiger partial charge in [0.15, 0.2) is 6.10 Å². The van der Waals surface area contributed by atoms with Crippen molar-refractivity contribution in [1.82, 2.24) is 14.8 Å². The van der Waals surface area contributed by atoms with Crippen LogP contribution in [0.5, 0.6) is 0 Å². The van der Waals surface area contributed by atoms with Crippen LogP contribution in [-0.2, 0) is 14.4 Å². The maximum atomic E-state index is 13.2. The van der Waals surface area contributed by atoms with Crippen LogP contribution in [0.3, 0.4) is 0 Å². The van der Waals surface area contributed by atoms with Crippen LogP contribution in [0.1, 0.15) is 27.6 Å². The molecule has 1 aromatic heterocycles. The lowest BCUT2D eigenvalue weighted by molar-refractivity contribution is -0.144. The molecular weight excluding hydrogens is 494 g/mol. The third-order valence-corrected chi connectivity index (χ3v) is 6.50. The number of rotatable bonds is 7. The van der Waals surface area contributed by atoms with E-state index in [4.69, 9.17) is 10.8 Å². The van der Waals surface area contributed by atoms with Crippen LogP contribution in [0.4, 0.5) is 5.69 Å². The number of nitrogens with zero attached hydrogens (tertiary/aromatic N) is 2. The Morgan fingerprint density at radius 1 is 1.05 bits per heavy atom.